The summed E-state index contributed by atoms with van der Waals surface area (Å²) in [5.41, 5.74) is 5.54. The maximum Gasteiger partial charge on any atom is 0.344 e. The van der Waals surface area contributed by atoms with Crippen molar-refractivity contribution >= 4 is 17.6 Å². The molecule has 0 aliphatic carbocycles. The van der Waals surface area contributed by atoms with Crippen LogP contribution in [-0.4, -0.2) is 13.1 Å². The molecule has 0 radical (unpaired) electrons. The van der Waals surface area contributed by atoms with E-state index in [-0.39, 0.29) is 0 Å². The van der Waals surface area contributed by atoms with Crippen molar-refractivity contribution < 1.29 is 14.3 Å². The summed E-state index contributed by atoms with van der Waals surface area (Å²) in [7, 11) is 1.52. The topological polar surface area (TPSA) is 59.3 Å². The fourth-order valence-electron chi connectivity index (χ4n) is 3.48. The van der Waals surface area contributed by atoms with E-state index in [1.54, 1.807) is 24.3 Å². The number of nitrogens with zero attached hydrogens (tertiary/aromatic N) is 1. The van der Waals surface area contributed by atoms with Crippen molar-refractivity contribution in [1.82, 2.24) is 0 Å². The van der Waals surface area contributed by atoms with Gasteiger partial charge in [-0.2, -0.15) is 5.26 Å². The van der Waals surface area contributed by atoms with Gasteiger partial charge in [-0.1, -0.05) is 54.1 Å². The third kappa shape index (κ3) is 4.59. The first kappa shape index (κ1) is 20.9. The average molecular weight is 397 g/mol. The number of ether oxygens (including phenoxy) is 2. The lowest BCUT2D eigenvalue weighted by Gasteiger charge is -2.13. The molecule has 0 N–H and O–H groups in total. The molecule has 3 aromatic rings. The molecule has 3 aromatic carbocycles. The number of hydrogen-bond acceptors (Lipinski definition) is 4. The largest absolute Gasteiger partial charge is 0.493 e. The lowest BCUT2D eigenvalue weighted by molar-refractivity contribution is 0.0728. The number of carbonyl (C=O) groups excluding carboxylic acids is 1. The van der Waals surface area contributed by atoms with Crippen LogP contribution in [0.2, 0.25) is 0 Å². The van der Waals surface area contributed by atoms with Crippen molar-refractivity contribution in [2.75, 3.05) is 7.11 Å². The zero-order chi connectivity index (χ0) is 21.7. The first-order valence-electron chi connectivity index (χ1n) is 9.58. The van der Waals surface area contributed by atoms with Crippen LogP contribution < -0.4 is 9.47 Å². The maximum absolute atomic E-state index is 12.8. The van der Waals surface area contributed by atoms with Gasteiger partial charge in [-0.3, -0.25) is 0 Å². The second-order valence-electron chi connectivity index (χ2n) is 7.11. The summed E-state index contributed by atoms with van der Waals surface area (Å²) in [5.74, 6) is 0.329. The number of aryl methyl sites for hydroxylation is 3. The van der Waals surface area contributed by atoms with Gasteiger partial charge in [0, 0.05) is 0 Å². The molecule has 0 heterocycles. The highest BCUT2D eigenvalue weighted by molar-refractivity contribution is 5.95. The monoisotopic (exact) mass is 397 g/mol. The highest BCUT2D eigenvalue weighted by atomic mass is 16.6. The number of rotatable bonds is 5. The molecule has 0 atom stereocenters. The van der Waals surface area contributed by atoms with Crippen LogP contribution in [-0.2, 0) is 0 Å². The predicted octanol–water partition coefficient (Wildman–Crippen LogP) is 5.90. The molecule has 0 unspecified atom stereocenters. The van der Waals surface area contributed by atoms with Crippen molar-refractivity contribution in [2.24, 2.45) is 0 Å². The van der Waals surface area contributed by atoms with Crippen molar-refractivity contribution in [3.8, 4) is 17.6 Å². The van der Waals surface area contributed by atoms with E-state index in [1.165, 1.54) is 7.11 Å². The average Bonchev–Trinajstić information content (AvgIpc) is 2.72. The van der Waals surface area contributed by atoms with Crippen LogP contribution >= 0.6 is 0 Å². The summed E-state index contributed by atoms with van der Waals surface area (Å²) < 4.78 is 11.1. The Balaban J connectivity index is 1.91. The summed E-state index contributed by atoms with van der Waals surface area (Å²) in [4.78, 5) is 12.8. The Hall–Kier alpha value is -3.84. The predicted molar refractivity (Wildman–Crippen MR) is 119 cm³/mol. The first-order valence-corrected chi connectivity index (χ1v) is 9.58. The molecule has 0 aliphatic heterocycles. The molecule has 4 nitrogen and oxygen atoms in total. The Kier molecular flexibility index (Phi) is 6.34. The van der Waals surface area contributed by atoms with E-state index in [4.69, 9.17) is 9.47 Å². The summed E-state index contributed by atoms with van der Waals surface area (Å²) in [6, 6.07) is 20.8. The Bertz CT molecular complexity index is 1130. The van der Waals surface area contributed by atoms with Gasteiger partial charge in [-0.25, -0.2) is 4.79 Å². The molecule has 0 amide bonds. The number of allylic oxidation sites excluding steroid dienone is 1. The van der Waals surface area contributed by atoms with Crippen molar-refractivity contribution in [2.45, 2.75) is 20.8 Å². The molecule has 150 valence electrons. The van der Waals surface area contributed by atoms with Crippen LogP contribution in [0.1, 0.15) is 38.2 Å². The van der Waals surface area contributed by atoms with Gasteiger partial charge in [-0.05, 0) is 61.2 Å². The molecular formula is C26H23NO3. The minimum Gasteiger partial charge on any atom is -0.493 e. The zero-order valence-corrected chi connectivity index (χ0v) is 17.5. The highest BCUT2D eigenvalue weighted by Gasteiger charge is 2.17. The van der Waals surface area contributed by atoms with Crippen molar-refractivity contribution in [1.29, 1.82) is 5.26 Å². The van der Waals surface area contributed by atoms with E-state index < -0.39 is 5.97 Å². The minimum absolute atomic E-state index is 0.331. The molecule has 0 spiro atoms. The second kappa shape index (κ2) is 9.11. The molecule has 0 aliphatic rings. The second-order valence-corrected chi connectivity index (χ2v) is 7.11. The lowest BCUT2D eigenvalue weighted by Crippen LogP contribution is -2.13. The number of carbonyl (C=O) groups is 1. The van der Waals surface area contributed by atoms with E-state index in [1.807, 2.05) is 63.2 Å². The minimum atomic E-state index is -0.423. The van der Waals surface area contributed by atoms with E-state index in [9.17, 15) is 10.1 Å². The van der Waals surface area contributed by atoms with E-state index >= 15 is 0 Å². The van der Waals surface area contributed by atoms with E-state index in [0.29, 0.717) is 22.6 Å². The van der Waals surface area contributed by atoms with Gasteiger partial charge < -0.3 is 9.47 Å². The van der Waals surface area contributed by atoms with Crippen LogP contribution in [0, 0.1) is 32.1 Å². The fourth-order valence-corrected chi connectivity index (χ4v) is 3.48. The van der Waals surface area contributed by atoms with Gasteiger partial charge in [0.1, 0.15) is 0 Å². The molecule has 0 saturated heterocycles. The summed E-state index contributed by atoms with van der Waals surface area (Å²) in [6.45, 7) is 5.79. The Morgan fingerprint density at radius 3 is 2.20 bits per heavy atom. The SMILES string of the molecule is COc1cc(C=C(C#N)c2ccccc2)ccc1OC(=O)c1c(C)cc(C)cc1C. The van der Waals surface area contributed by atoms with Crippen LogP contribution in [0.4, 0.5) is 0 Å². The fraction of sp³-hybridized carbons (Fsp3) is 0.154. The van der Waals surface area contributed by atoms with Crippen molar-refractivity contribution in [3.05, 3.63) is 94.0 Å². The first-order chi connectivity index (χ1) is 14.4. The van der Waals surface area contributed by atoms with Crippen LogP contribution in [0.15, 0.2) is 60.7 Å². The zero-order valence-electron chi connectivity index (χ0n) is 17.5. The normalized spacial score (nSPS) is 11.0. The number of methoxy groups -OCH3 is 1. The van der Waals surface area contributed by atoms with Gasteiger partial charge in [0.2, 0.25) is 0 Å². The molecule has 4 heteroatoms. The van der Waals surface area contributed by atoms with Crippen LogP contribution in [0.5, 0.6) is 11.5 Å². The van der Waals surface area contributed by atoms with Gasteiger partial charge >= 0.3 is 5.97 Å². The molecule has 0 bridgehead atoms. The van der Waals surface area contributed by atoms with Crippen LogP contribution in [0.25, 0.3) is 11.6 Å². The standard InChI is InChI=1S/C26H23NO3/c1-17-12-18(2)25(19(3)13-17)26(28)30-23-11-10-20(15-24(23)29-4)14-22(16-27)21-8-6-5-7-9-21/h5-15H,1-4H3. The number of esters is 1. The Morgan fingerprint density at radius 1 is 0.933 bits per heavy atom. The third-order valence-corrected chi connectivity index (χ3v) is 4.79. The number of nitriles is 1. The quantitative estimate of drug-likeness (QED) is 0.233. The molecule has 30 heavy (non-hydrogen) atoms. The summed E-state index contributed by atoms with van der Waals surface area (Å²) in [6.07, 6.45) is 1.78. The number of hydrogen-bond donors (Lipinski definition) is 0. The molecule has 0 saturated carbocycles. The van der Waals surface area contributed by atoms with Crippen molar-refractivity contribution in [3.63, 3.8) is 0 Å². The van der Waals surface area contributed by atoms with Gasteiger partial charge in [0.25, 0.3) is 0 Å². The smallest absolute Gasteiger partial charge is 0.344 e. The summed E-state index contributed by atoms with van der Waals surface area (Å²) >= 11 is 0. The Labute approximate surface area is 177 Å². The molecule has 0 aromatic heterocycles. The molecule has 3 rings (SSSR count). The molecule has 0 fully saturated rings. The maximum atomic E-state index is 12.8. The van der Waals surface area contributed by atoms with Gasteiger partial charge in [0.15, 0.2) is 11.5 Å². The third-order valence-electron chi connectivity index (χ3n) is 4.79. The van der Waals surface area contributed by atoms with E-state index in [0.717, 1.165) is 27.8 Å². The Morgan fingerprint density at radius 2 is 1.60 bits per heavy atom. The van der Waals surface area contributed by atoms with Gasteiger partial charge in [0.05, 0.1) is 24.3 Å². The lowest BCUT2D eigenvalue weighted by atomic mass is 10.00. The highest BCUT2D eigenvalue weighted by Crippen LogP contribution is 2.31. The van der Waals surface area contributed by atoms with Crippen LogP contribution in [0.3, 0.4) is 0 Å². The number of benzene rings is 3. The molecular weight excluding hydrogens is 374 g/mol. The van der Waals surface area contributed by atoms with E-state index in [2.05, 4.69) is 6.07 Å². The summed E-state index contributed by atoms with van der Waals surface area (Å²) in [5, 5.41) is 9.52. The van der Waals surface area contributed by atoms with Gasteiger partial charge in [-0.15, -0.1) is 0 Å².